The van der Waals surface area contributed by atoms with E-state index in [1.54, 1.807) is 25.4 Å². The van der Waals surface area contributed by atoms with Gasteiger partial charge >= 0.3 is 6.18 Å². The van der Waals surface area contributed by atoms with Crippen LogP contribution in [0.4, 0.5) is 24.8 Å². The molecule has 144 valence electrons. The molecule has 3 rings (SSSR count). The Balaban J connectivity index is 1.71. The fourth-order valence-electron chi connectivity index (χ4n) is 3.08. The molecule has 1 aliphatic heterocycles. The second-order valence-electron chi connectivity index (χ2n) is 6.31. The Morgan fingerprint density at radius 2 is 2.07 bits per heavy atom. The number of carbonyl (C=O) groups is 1. The number of anilines is 2. The highest BCUT2D eigenvalue weighted by molar-refractivity contribution is 5.98. The first kappa shape index (κ1) is 18.9. The number of amides is 1. The van der Waals surface area contributed by atoms with Crippen LogP contribution in [0, 0.1) is 0 Å². The number of hydrogen-bond acceptors (Lipinski definition) is 5. The van der Waals surface area contributed by atoms with Crippen molar-refractivity contribution in [3.8, 4) is 0 Å². The SMILES string of the molecule is CNC(=O)c1cccnc1NC1CCCN(c2ccc(C(F)(F)F)cn2)C1. The number of nitrogens with zero attached hydrogens (tertiary/aromatic N) is 3. The molecule has 27 heavy (non-hydrogen) atoms. The maximum atomic E-state index is 12.7. The van der Waals surface area contributed by atoms with Gasteiger partial charge in [-0.3, -0.25) is 4.79 Å². The monoisotopic (exact) mass is 379 g/mol. The Kier molecular flexibility index (Phi) is 5.48. The van der Waals surface area contributed by atoms with Crippen LogP contribution in [0.3, 0.4) is 0 Å². The molecule has 0 radical (unpaired) electrons. The number of aromatic nitrogens is 2. The van der Waals surface area contributed by atoms with Gasteiger partial charge in [0, 0.05) is 38.6 Å². The van der Waals surface area contributed by atoms with Crippen molar-refractivity contribution in [2.75, 3.05) is 30.4 Å². The van der Waals surface area contributed by atoms with Gasteiger partial charge in [0.15, 0.2) is 0 Å². The van der Waals surface area contributed by atoms with E-state index in [1.807, 2.05) is 4.90 Å². The third-order valence-corrected chi connectivity index (χ3v) is 4.44. The Morgan fingerprint density at radius 3 is 2.74 bits per heavy atom. The summed E-state index contributed by atoms with van der Waals surface area (Å²) >= 11 is 0. The predicted octanol–water partition coefficient (Wildman–Crippen LogP) is 2.94. The summed E-state index contributed by atoms with van der Waals surface area (Å²) in [7, 11) is 1.55. The molecule has 3 heterocycles. The van der Waals surface area contributed by atoms with Gasteiger partial charge < -0.3 is 15.5 Å². The molecule has 2 N–H and O–H groups in total. The van der Waals surface area contributed by atoms with Crippen molar-refractivity contribution in [1.82, 2.24) is 15.3 Å². The highest BCUT2D eigenvalue weighted by Gasteiger charge is 2.31. The number of hydrogen-bond donors (Lipinski definition) is 2. The van der Waals surface area contributed by atoms with Crippen LogP contribution in [0.15, 0.2) is 36.7 Å². The molecule has 0 bridgehead atoms. The first-order valence-corrected chi connectivity index (χ1v) is 8.60. The van der Waals surface area contributed by atoms with Gasteiger partial charge in [0.05, 0.1) is 11.1 Å². The Hall–Kier alpha value is -2.84. The van der Waals surface area contributed by atoms with Crippen LogP contribution in [0.1, 0.15) is 28.8 Å². The highest BCUT2D eigenvalue weighted by Crippen LogP contribution is 2.30. The summed E-state index contributed by atoms with van der Waals surface area (Å²) < 4.78 is 38.1. The second kappa shape index (κ2) is 7.81. The molecule has 1 aliphatic rings. The predicted molar refractivity (Wildman–Crippen MR) is 95.7 cm³/mol. The van der Waals surface area contributed by atoms with E-state index in [-0.39, 0.29) is 11.9 Å². The van der Waals surface area contributed by atoms with Crippen molar-refractivity contribution in [1.29, 1.82) is 0 Å². The zero-order chi connectivity index (χ0) is 19.4. The minimum atomic E-state index is -4.40. The van der Waals surface area contributed by atoms with Crippen LogP contribution in [-0.2, 0) is 6.18 Å². The number of halogens is 3. The number of nitrogens with one attached hydrogen (secondary N) is 2. The van der Waals surface area contributed by atoms with Crippen LogP contribution in [-0.4, -0.2) is 42.1 Å². The lowest BCUT2D eigenvalue weighted by molar-refractivity contribution is -0.137. The molecule has 0 aliphatic carbocycles. The third-order valence-electron chi connectivity index (χ3n) is 4.44. The summed E-state index contributed by atoms with van der Waals surface area (Å²) in [5, 5.41) is 5.86. The van der Waals surface area contributed by atoms with Gasteiger partial charge in [-0.1, -0.05) is 0 Å². The van der Waals surface area contributed by atoms with Gasteiger partial charge in [0.2, 0.25) is 0 Å². The van der Waals surface area contributed by atoms with E-state index < -0.39 is 11.7 Å². The summed E-state index contributed by atoms with van der Waals surface area (Å²) in [4.78, 5) is 22.1. The third kappa shape index (κ3) is 4.47. The van der Waals surface area contributed by atoms with E-state index in [4.69, 9.17) is 0 Å². The topological polar surface area (TPSA) is 70.2 Å². The molecular formula is C18H20F3N5O. The van der Waals surface area contributed by atoms with Gasteiger partial charge in [-0.2, -0.15) is 13.2 Å². The van der Waals surface area contributed by atoms with E-state index in [0.29, 0.717) is 30.3 Å². The van der Waals surface area contributed by atoms with Crippen molar-refractivity contribution in [2.45, 2.75) is 25.1 Å². The van der Waals surface area contributed by atoms with Gasteiger partial charge in [-0.15, -0.1) is 0 Å². The fourth-order valence-corrected chi connectivity index (χ4v) is 3.08. The molecule has 1 saturated heterocycles. The van der Waals surface area contributed by atoms with E-state index in [0.717, 1.165) is 25.1 Å². The zero-order valence-corrected chi connectivity index (χ0v) is 14.8. The summed E-state index contributed by atoms with van der Waals surface area (Å²) in [6.45, 7) is 1.27. The fraction of sp³-hybridized carbons (Fsp3) is 0.389. The Bertz CT molecular complexity index is 794. The van der Waals surface area contributed by atoms with Crippen LogP contribution in [0.2, 0.25) is 0 Å². The smallest absolute Gasteiger partial charge is 0.365 e. The normalized spacial score (nSPS) is 17.5. The molecule has 0 aromatic carbocycles. The summed E-state index contributed by atoms with van der Waals surface area (Å²) in [6, 6.07) is 5.81. The summed E-state index contributed by atoms with van der Waals surface area (Å²) in [5.74, 6) is 0.758. The summed E-state index contributed by atoms with van der Waals surface area (Å²) in [6.07, 6.45) is -0.224. The average molecular weight is 379 g/mol. The van der Waals surface area contributed by atoms with E-state index in [9.17, 15) is 18.0 Å². The van der Waals surface area contributed by atoms with E-state index in [1.165, 1.54) is 6.07 Å². The molecule has 0 saturated carbocycles. The van der Waals surface area contributed by atoms with E-state index >= 15 is 0 Å². The quantitative estimate of drug-likeness (QED) is 0.855. The molecule has 1 amide bonds. The number of piperidine rings is 1. The molecule has 1 fully saturated rings. The van der Waals surface area contributed by atoms with Crippen LogP contribution in [0.5, 0.6) is 0 Å². The lowest BCUT2D eigenvalue weighted by Crippen LogP contribution is -2.43. The number of alkyl halides is 3. The average Bonchev–Trinajstić information content (AvgIpc) is 2.67. The van der Waals surface area contributed by atoms with Gasteiger partial charge in [0.1, 0.15) is 11.6 Å². The maximum Gasteiger partial charge on any atom is 0.417 e. The largest absolute Gasteiger partial charge is 0.417 e. The standard InChI is InChI=1S/C18H20F3N5O/c1-22-17(27)14-5-2-8-23-16(14)25-13-4-3-9-26(11-13)15-7-6-12(10-24-15)18(19,20)21/h2,5-8,10,13H,3-4,9,11H2,1H3,(H,22,27)(H,23,25). The molecule has 2 aromatic heterocycles. The van der Waals surface area contributed by atoms with Crippen molar-refractivity contribution in [3.05, 3.63) is 47.8 Å². The van der Waals surface area contributed by atoms with Crippen molar-refractivity contribution in [2.24, 2.45) is 0 Å². The maximum absolute atomic E-state index is 12.7. The first-order chi connectivity index (χ1) is 12.9. The Labute approximate surface area is 154 Å². The molecule has 6 nitrogen and oxygen atoms in total. The molecule has 0 spiro atoms. The number of rotatable bonds is 4. The molecule has 9 heteroatoms. The van der Waals surface area contributed by atoms with Crippen molar-refractivity contribution < 1.29 is 18.0 Å². The van der Waals surface area contributed by atoms with Crippen molar-refractivity contribution in [3.63, 3.8) is 0 Å². The molecule has 1 unspecified atom stereocenters. The van der Waals surface area contributed by atoms with Gasteiger partial charge in [-0.25, -0.2) is 9.97 Å². The van der Waals surface area contributed by atoms with Crippen molar-refractivity contribution >= 4 is 17.5 Å². The minimum absolute atomic E-state index is 0.00106. The molecule has 1 atom stereocenters. The van der Waals surface area contributed by atoms with Crippen LogP contribution < -0.4 is 15.5 Å². The minimum Gasteiger partial charge on any atom is -0.365 e. The number of pyridine rings is 2. The lowest BCUT2D eigenvalue weighted by Gasteiger charge is -2.34. The Morgan fingerprint density at radius 1 is 1.26 bits per heavy atom. The van der Waals surface area contributed by atoms with Crippen LogP contribution >= 0.6 is 0 Å². The van der Waals surface area contributed by atoms with E-state index in [2.05, 4.69) is 20.6 Å². The van der Waals surface area contributed by atoms with Gasteiger partial charge in [0.25, 0.3) is 5.91 Å². The highest BCUT2D eigenvalue weighted by atomic mass is 19.4. The van der Waals surface area contributed by atoms with Crippen LogP contribution in [0.25, 0.3) is 0 Å². The first-order valence-electron chi connectivity index (χ1n) is 8.60. The second-order valence-corrected chi connectivity index (χ2v) is 6.31. The molecular weight excluding hydrogens is 359 g/mol. The lowest BCUT2D eigenvalue weighted by atomic mass is 10.0. The summed E-state index contributed by atoms with van der Waals surface area (Å²) in [5.41, 5.74) is -0.314. The zero-order valence-electron chi connectivity index (χ0n) is 14.8. The number of carbonyl (C=O) groups excluding carboxylic acids is 1. The molecule has 2 aromatic rings. The van der Waals surface area contributed by atoms with Gasteiger partial charge in [-0.05, 0) is 37.1 Å².